The molecule has 0 aromatic carbocycles. The molecular formula is C15H29N5. The molecule has 5 nitrogen and oxygen atoms in total. The Labute approximate surface area is 122 Å². The molecule has 1 aliphatic heterocycles. The van der Waals surface area contributed by atoms with Gasteiger partial charge in [0.1, 0.15) is 5.82 Å². The number of piperazine rings is 1. The van der Waals surface area contributed by atoms with Crippen molar-refractivity contribution in [2.24, 2.45) is 12.8 Å². The van der Waals surface area contributed by atoms with Crippen molar-refractivity contribution in [2.45, 2.75) is 39.8 Å². The van der Waals surface area contributed by atoms with Crippen LogP contribution < -0.4 is 5.73 Å². The molecule has 0 saturated carbocycles. The zero-order chi connectivity index (χ0) is 14.9. The van der Waals surface area contributed by atoms with Gasteiger partial charge in [0.2, 0.25) is 0 Å². The van der Waals surface area contributed by atoms with E-state index in [9.17, 15) is 0 Å². The van der Waals surface area contributed by atoms with Gasteiger partial charge in [0, 0.05) is 51.5 Å². The summed E-state index contributed by atoms with van der Waals surface area (Å²) in [5.41, 5.74) is 8.45. The molecule has 5 heteroatoms. The summed E-state index contributed by atoms with van der Waals surface area (Å²) in [6.07, 6.45) is 0. The Morgan fingerprint density at radius 2 is 1.65 bits per heavy atom. The number of nitrogens with zero attached hydrogens (tertiary/aromatic N) is 4. The molecule has 1 aromatic heterocycles. The van der Waals surface area contributed by atoms with E-state index < -0.39 is 0 Å². The van der Waals surface area contributed by atoms with Crippen LogP contribution in [0.3, 0.4) is 0 Å². The van der Waals surface area contributed by atoms with Crippen LogP contribution in [-0.2, 0) is 7.05 Å². The summed E-state index contributed by atoms with van der Waals surface area (Å²) in [4.78, 5) is 9.76. The number of aromatic nitrogens is 2. The van der Waals surface area contributed by atoms with Crippen LogP contribution in [-0.4, -0.2) is 58.1 Å². The lowest BCUT2D eigenvalue weighted by molar-refractivity contribution is 0.0788. The number of aryl methyl sites for hydroxylation is 1. The standard InChI is InChI=1S/C15H29N5/c1-11(2)19-6-8-20(9-7-19)14(10-16)15-12(3)18(5)13(4)17-15/h11,14H,6-10,16H2,1-5H3. The summed E-state index contributed by atoms with van der Waals surface area (Å²) >= 11 is 0. The summed E-state index contributed by atoms with van der Waals surface area (Å²) in [6, 6.07) is 0.886. The summed E-state index contributed by atoms with van der Waals surface area (Å²) in [5.74, 6) is 1.07. The summed E-state index contributed by atoms with van der Waals surface area (Å²) in [6.45, 7) is 13.8. The van der Waals surface area contributed by atoms with E-state index in [2.05, 4.69) is 49.1 Å². The molecular weight excluding hydrogens is 250 g/mol. The highest BCUT2D eigenvalue weighted by molar-refractivity contribution is 5.19. The second kappa shape index (κ2) is 6.24. The fraction of sp³-hybridized carbons (Fsp3) is 0.800. The van der Waals surface area contributed by atoms with E-state index >= 15 is 0 Å². The topological polar surface area (TPSA) is 50.3 Å². The van der Waals surface area contributed by atoms with Crippen molar-refractivity contribution < 1.29 is 0 Å². The lowest BCUT2D eigenvalue weighted by atomic mass is 10.1. The molecule has 0 radical (unpaired) electrons. The van der Waals surface area contributed by atoms with Crippen molar-refractivity contribution in [3.8, 4) is 0 Å². The van der Waals surface area contributed by atoms with Crippen LogP contribution in [0.1, 0.15) is 37.1 Å². The highest BCUT2D eigenvalue weighted by atomic mass is 15.3. The van der Waals surface area contributed by atoms with Crippen LogP contribution in [0.2, 0.25) is 0 Å². The Morgan fingerprint density at radius 1 is 1.10 bits per heavy atom. The molecule has 2 N–H and O–H groups in total. The summed E-state index contributed by atoms with van der Waals surface area (Å²) < 4.78 is 2.16. The number of hydrogen-bond acceptors (Lipinski definition) is 4. The predicted octanol–water partition coefficient (Wildman–Crippen LogP) is 1.06. The van der Waals surface area contributed by atoms with Crippen LogP contribution in [0.4, 0.5) is 0 Å². The van der Waals surface area contributed by atoms with Crippen molar-refractivity contribution in [1.82, 2.24) is 19.4 Å². The Bertz CT molecular complexity index is 443. The van der Waals surface area contributed by atoms with Gasteiger partial charge in [-0.05, 0) is 27.7 Å². The van der Waals surface area contributed by atoms with E-state index in [0.29, 0.717) is 12.6 Å². The molecule has 0 bridgehead atoms. The second-order valence-electron chi connectivity index (χ2n) is 6.11. The van der Waals surface area contributed by atoms with Gasteiger partial charge in [0.25, 0.3) is 0 Å². The molecule has 0 amide bonds. The lowest BCUT2D eigenvalue weighted by Crippen LogP contribution is -2.51. The SMILES string of the molecule is Cc1nc(C(CN)N2CCN(C(C)C)CC2)c(C)n1C. The molecule has 1 aromatic rings. The zero-order valence-corrected chi connectivity index (χ0v) is 13.6. The highest BCUT2D eigenvalue weighted by Gasteiger charge is 2.28. The molecule has 2 heterocycles. The zero-order valence-electron chi connectivity index (χ0n) is 13.6. The van der Waals surface area contributed by atoms with E-state index in [1.54, 1.807) is 0 Å². The minimum atomic E-state index is 0.254. The Morgan fingerprint density at radius 3 is 2.05 bits per heavy atom. The molecule has 0 aliphatic carbocycles. The molecule has 1 atom stereocenters. The predicted molar refractivity (Wildman–Crippen MR) is 82.8 cm³/mol. The van der Waals surface area contributed by atoms with Gasteiger partial charge >= 0.3 is 0 Å². The molecule has 2 rings (SSSR count). The Kier molecular flexibility index (Phi) is 4.83. The maximum Gasteiger partial charge on any atom is 0.105 e. The first-order valence-corrected chi connectivity index (χ1v) is 7.63. The van der Waals surface area contributed by atoms with Gasteiger partial charge in [-0.3, -0.25) is 9.80 Å². The van der Waals surface area contributed by atoms with Crippen LogP contribution in [0.5, 0.6) is 0 Å². The third kappa shape index (κ3) is 2.90. The van der Waals surface area contributed by atoms with Crippen LogP contribution >= 0.6 is 0 Å². The summed E-state index contributed by atoms with van der Waals surface area (Å²) in [7, 11) is 2.07. The van der Waals surface area contributed by atoms with Gasteiger partial charge in [0.05, 0.1) is 11.7 Å². The van der Waals surface area contributed by atoms with Gasteiger partial charge in [-0.25, -0.2) is 4.98 Å². The fourth-order valence-electron chi connectivity index (χ4n) is 3.06. The minimum absolute atomic E-state index is 0.254. The largest absolute Gasteiger partial charge is 0.335 e. The van der Waals surface area contributed by atoms with Gasteiger partial charge in [0.15, 0.2) is 0 Å². The average molecular weight is 279 g/mol. The highest BCUT2D eigenvalue weighted by Crippen LogP contribution is 2.24. The van der Waals surface area contributed by atoms with E-state index in [-0.39, 0.29) is 6.04 Å². The number of rotatable bonds is 4. The van der Waals surface area contributed by atoms with Gasteiger partial charge in [-0.2, -0.15) is 0 Å². The van der Waals surface area contributed by atoms with Crippen molar-refractivity contribution in [3.05, 3.63) is 17.2 Å². The van der Waals surface area contributed by atoms with Gasteiger partial charge < -0.3 is 10.3 Å². The monoisotopic (exact) mass is 279 g/mol. The lowest BCUT2D eigenvalue weighted by Gasteiger charge is -2.40. The normalized spacial score (nSPS) is 19.8. The molecule has 1 fully saturated rings. The van der Waals surface area contributed by atoms with Crippen molar-refractivity contribution in [2.75, 3.05) is 32.7 Å². The van der Waals surface area contributed by atoms with Gasteiger partial charge in [-0.15, -0.1) is 0 Å². The summed E-state index contributed by atoms with van der Waals surface area (Å²) in [5, 5.41) is 0. The Balaban J connectivity index is 2.11. The molecule has 20 heavy (non-hydrogen) atoms. The maximum atomic E-state index is 6.05. The Hall–Kier alpha value is -0.910. The van der Waals surface area contributed by atoms with Crippen molar-refractivity contribution in [3.63, 3.8) is 0 Å². The molecule has 1 saturated heterocycles. The average Bonchev–Trinajstić information content (AvgIpc) is 2.68. The van der Waals surface area contributed by atoms with Crippen LogP contribution in [0.15, 0.2) is 0 Å². The second-order valence-corrected chi connectivity index (χ2v) is 6.11. The van der Waals surface area contributed by atoms with E-state index in [4.69, 9.17) is 10.7 Å². The third-order valence-electron chi connectivity index (χ3n) is 4.70. The molecule has 114 valence electrons. The smallest absolute Gasteiger partial charge is 0.105 e. The molecule has 1 unspecified atom stereocenters. The number of imidazole rings is 1. The van der Waals surface area contributed by atoms with E-state index in [0.717, 1.165) is 37.7 Å². The van der Waals surface area contributed by atoms with Crippen LogP contribution in [0.25, 0.3) is 0 Å². The van der Waals surface area contributed by atoms with Gasteiger partial charge in [-0.1, -0.05) is 0 Å². The molecule has 1 aliphatic rings. The third-order valence-corrected chi connectivity index (χ3v) is 4.70. The maximum absolute atomic E-state index is 6.05. The first-order valence-electron chi connectivity index (χ1n) is 7.63. The minimum Gasteiger partial charge on any atom is -0.335 e. The van der Waals surface area contributed by atoms with E-state index in [1.165, 1.54) is 5.69 Å². The van der Waals surface area contributed by atoms with Crippen molar-refractivity contribution >= 4 is 0 Å². The number of nitrogens with two attached hydrogens (primary N) is 1. The first kappa shape index (κ1) is 15.5. The quantitative estimate of drug-likeness (QED) is 0.895. The van der Waals surface area contributed by atoms with Crippen molar-refractivity contribution in [1.29, 1.82) is 0 Å². The van der Waals surface area contributed by atoms with Crippen LogP contribution in [0, 0.1) is 13.8 Å². The number of hydrogen-bond donors (Lipinski definition) is 1. The fourth-order valence-corrected chi connectivity index (χ4v) is 3.06. The molecule has 0 spiro atoms. The first-order chi connectivity index (χ1) is 9.45. The van der Waals surface area contributed by atoms with E-state index in [1.807, 2.05) is 0 Å².